The number of piperidine rings is 1. The Kier molecular flexibility index (Phi) is 5.58. The van der Waals surface area contributed by atoms with Gasteiger partial charge in [-0.3, -0.25) is 0 Å². The molecule has 90 valence electrons. The SMILES string of the molecule is COCC1CCN(CC(N)C(C)C)CC1. The Morgan fingerprint density at radius 1 is 1.33 bits per heavy atom. The summed E-state index contributed by atoms with van der Waals surface area (Å²) in [6.07, 6.45) is 2.53. The van der Waals surface area contributed by atoms with Crippen LogP contribution in [0, 0.1) is 11.8 Å². The summed E-state index contributed by atoms with van der Waals surface area (Å²) in [6, 6.07) is 0.323. The van der Waals surface area contributed by atoms with E-state index in [0.717, 1.165) is 19.1 Å². The van der Waals surface area contributed by atoms with Crippen LogP contribution in [0.25, 0.3) is 0 Å². The lowest BCUT2D eigenvalue weighted by molar-refractivity contribution is 0.0949. The summed E-state index contributed by atoms with van der Waals surface area (Å²) in [4.78, 5) is 2.50. The Hall–Kier alpha value is -0.120. The maximum Gasteiger partial charge on any atom is 0.0491 e. The molecule has 0 bridgehead atoms. The highest BCUT2D eigenvalue weighted by molar-refractivity contribution is 4.76. The summed E-state index contributed by atoms with van der Waals surface area (Å²) in [5.74, 6) is 1.35. The number of rotatable bonds is 5. The third-order valence-electron chi connectivity index (χ3n) is 3.43. The van der Waals surface area contributed by atoms with Crippen LogP contribution in [0.3, 0.4) is 0 Å². The van der Waals surface area contributed by atoms with Gasteiger partial charge in [0.25, 0.3) is 0 Å². The fraction of sp³-hybridized carbons (Fsp3) is 1.00. The first kappa shape index (κ1) is 12.9. The minimum Gasteiger partial charge on any atom is -0.384 e. The summed E-state index contributed by atoms with van der Waals surface area (Å²) >= 11 is 0. The van der Waals surface area contributed by atoms with Gasteiger partial charge in [0.1, 0.15) is 0 Å². The molecule has 0 saturated carbocycles. The van der Waals surface area contributed by atoms with Crippen LogP contribution >= 0.6 is 0 Å². The molecule has 1 aliphatic rings. The fourth-order valence-corrected chi connectivity index (χ4v) is 2.08. The normalized spacial score (nSPS) is 22.2. The van der Waals surface area contributed by atoms with Crippen molar-refractivity contribution in [1.82, 2.24) is 4.90 Å². The van der Waals surface area contributed by atoms with Gasteiger partial charge in [-0.15, -0.1) is 0 Å². The van der Waals surface area contributed by atoms with Gasteiger partial charge in [0.2, 0.25) is 0 Å². The van der Waals surface area contributed by atoms with E-state index in [1.807, 2.05) is 0 Å². The molecule has 3 heteroatoms. The molecule has 0 aliphatic carbocycles. The first-order valence-corrected chi connectivity index (χ1v) is 6.10. The quantitative estimate of drug-likeness (QED) is 0.750. The molecule has 0 amide bonds. The van der Waals surface area contributed by atoms with Crippen LogP contribution < -0.4 is 5.73 Å². The lowest BCUT2D eigenvalue weighted by atomic mass is 9.96. The van der Waals surface area contributed by atoms with Crippen LogP contribution in [0.15, 0.2) is 0 Å². The van der Waals surface area contributed by atoms with E-state index in [1.54, 1.807) is 7.11 Å². The maximum atomic E-state index is 6.07. The second-order valence-corrected chi connectivity index (χ2v) is 5.11. The number of nitrogens with zero attached hydrogens (tertiary/aromatic N) is 1. The summed E-state index contributed by atoms with van der Waals surface area (Å²) in [5, 5.41) is 0. The highest BCUT2D eigenvalue weighted by Gasteiger charge is 2.21. The predicted octanol–water partition coefficient (Wildman–Crippen LogP) is 1.33. The van der Waals surface area contributed by atoms with E-state index >= 15 is 0 Å². The molecule has 3 nitrogen and oxygen atoms in total. The van der Waals surface area contributed by atoms with Crippen LogP contribution in [-0.4, -0.2) is 44.3 Å². The molecular formula is C12H26N2O. The van der Waals surface area contributed by atoms with Crippen molar-refractivity contribution < 1.29 is 4.74 Å². The number of nitrogens with two attached hydrogens (primary N) is 1. The number of hydrogen-bond acceptors (Lipinski definition) is 3. The van der Waals surface area contributed by atoms with Crippen molar-refractivity contribution in [3.05, 3.63) is 0 Å². The molecule has 1 fully saturated rings. The van der Waals surface area contributed by atoms with Crippen molar-refractivity contribution in [2.45, 2.75) is 32.7 Å². The Morgan fingerprint density at radius 2 is 1.93 bits per heavy atom. The van der Waals surface area contributed by atoms with Crippen molar-refractivity contribution in [2.24, 2.45) is 17.6 Å². The molecule has 2 N–H and O–H groups in total. The fourth-order valence-electron chi connectivity index (χ4n) is 2.08. The van der Waals surface area contributed by atoms with E-state index in [0.29, 0.717) is 12.0 Å². The summed E-state index contributed by atoms with van der Waals surface area (Å²) in [5.41, 5.74) is 6.07. The smallest absolute Gasteiger partial charge is 0.0491 e. The second-order valence-electron chi connectivity index (χ2n) is 5.11. The van der Waals surface area contributed by atoms with E-state index in [4.69, 9.17) is 10.5 Å². The van der Waals surface area contributed by atoms with Crippen molar-refractivity contribution >= 4 is 0 Å². The standard InChI is InChI=1S/C12H26N2O/c1-10(2)12(13)8-14-6-4-11(5-7-14)9-15-3/h10-12H,4-9,13H2,1-3H3. The summed E-state index contributed by atoms with van der Waals surface area (Å²) < 4.78 is 5.19. The van der Waals surface area contributed by atoms with Crippen molar-refractivity contribution in [2.75, 3.05) is 33.4 Å². The average molecular weight is 214 g/mol. The second kappa shape index (κ2) is 6.46. The Balaban J connectivity index is 2.19. The van der Waals surface area contributed by atoms with E-state index in [9.17, 15) is 0 Å². The van der Waals surface area contributed by atoms with Gasteiger partial charge in [-0.2, -0.15) is 0 Å². The van der Waals surface area contributed by atoms with Gasteiger partial charge in [0.15, 0.2) is 0 Å². The van der Waals surface area contributed by atoms with Gasteiger partial charge in [-0.1, -0.05) is 13.8 Å². The van der Waals surface area contributed by atoms with Crippen molar-refractivity contribution in [3.8, 4) is 0 Å². The van der Waals surface area contributed by atoms with Gasteiger partial charge in [0.05, 0.1) is 0 Å². The molecule has 1 atom stereocenters. The summed E-state index contributed by atoms with van der Waals surface area (Å²) in [6.45, 7) is 8.75. The molecule has 1 unspecified atom stereocenters. The summed E-state index contributed by atoms with van der Waals surface area (Å²) in [7, 11) is 1.79. The zero-order valence-electron chi connectivity index (χ0n) is 10.4. The highest BCUT2D eigenvalue weighted by Crippen LogP contribution is 2.17. The Bertz CT molecular complexity index is 165. The maximum absolute atomic E-state index is 6.07. The minimum atomic E-state index is 0.323. The number of hydrogen-bond donors (Lipinski definition) is 1. The molecule has 0 aromatic carbocycles. The molecule has 0 aromatic rings. The number of likely N-dealkylation sites (tertiary alicyclic amines) is 1. The van der Waals surface area contributed by atoms with E-state index in [1.165, 1.54) is 25.9 Å². The van der Waals surface area contributed by atoms with Crippen LogP contribution in [-0.2, 0) is 4.74 Å². The topological polar surface area (TPSA) is 38.5 Å². The zero-order chi connectivity index (χ0) is 11.3. The van der Waals surface area contributed by atoms with Crippen LogP contribution in [0.2, 0.25) is 0 Å². The van der Waals surface area contributed by atoms with Crippen LogP contribution in [0.4, 0.5) is 0 Å². The number of methoxy groups -OCH3 is 1. The van der Waals surface area contributed by atoms with Gasteiger partial charge in [-0.05, 0) is 37.8 Å². The molecule has 15 heavy (non-hydrogen) atoms. The largest absolute Gasteiger partial charge is 0.384 e. The predicted molar refractivity (Wildman–Crippen MR) is 63.9 cm³/mol. The molecular weight excluding hydrogens is 188 g/mol. The van der Waals surface area contributed by atoms with Gasteiger partial charge in [0, 0.05) is 26.3 Å². The molecule has 1 heterocycles. The molecule has 1 saturated heterocycles. The average Bonchev–Trinajstić information content (AvgIpc) is 2.21. The molecule has 0 radical (unpaired) electrons. The lowest BCUT2D eigenvalue weighted by Gasteiger charge is -2.34. The van der Waals surface area contributed by atoms with Gasteiger partial charge >= 0.3 is 0 Å². The first-order chi connectivity index (χ1) is 7.13. The number of ether oxygens (including phenoxy) is 1. The van der Waals surface area contributed by atoms with Crippen LogP contribution in [0.1, 0.15) is 26.7 Å². The third-order valence-corrected chi connectivity index (χ3v) is 3.43. The Morgan fingerprint density at radius 3 is 2.40 bits per heavy atom. The van der Waals surface area contributed by atoms with E-state index < -0.39 is 0 Å². The van der Waals surface area contributed by atoms with E-state index in [-0.39, 0.29) is 0 Å². The molecule has 0 spiro atoms. The van der Waals surface area contributed by atoms with Crippen LogP contribution in [0.5, 0.6) is 0 Å². The molecule has 1 rings (SSSR count). The van der Waals surface area contributed by atoms with Crippen molar-refractivity contribution in [3.63, 3.8) is 0 Å². The molecule has 1 aliphatic heterocycles. The van der Waals surface area contributed by atoms with Gasteiger partial charge in [-0.25, -0.2) is 0 Å². The molecule has 0 aromatic heterocycles. The first-order valence-electron chi connectivity index (χ1n) is 6.10. The minimum absolute atomic E-state index is 0.323. The lowest BCUT2D eigenvalue weighted by Crippen LogP contribution is -2.44. The van der Waals surface area contributed by atoms with Crippen molar-refractivity contribution in [1.29, 1.82) is 0 Å². The van der Waals surface area contributed by atoms with Gasteiger partial charge < -0.3 is 15.4 Å². The highest BCUT2D eigenvalue weighted by atomic mass is 16.5. The zero-order valence-corrected chi connectivity index (χ0v) is 10.4. The third kappa shape index (κ3) is 4.49. The van der Waals surface area contributed by atoms with E-state index in [2.05, 4.69) is 18.7 Å². The Labute approximate surface area is 94.0 Å². The monoisotopic (exact) mass is 214 g/mol.